The summed E-state index contributed by atoms with van der Waals surface area (Å²) in [7, 11) is 2.31. The van der Waals surface area contributed by atoms with Crippen LogP contribution in [-0.2, 0) is 6.54 Å². The number of hydrogen-bond acceptors (Lipinski definition) is 3. The molecule has 1 fully saturated rings. The van der Waals surface area contributed by atoms with Gasteiger partial charge >= 0.3 is 0 Å². The number of hydrogen-bond donors (Lipinski definition) is 0. The number of nitrogens with zero attached hydrogens (tertiary/aromatic N) is 5. The molecule has 32 heavy (non-hydrogen) atoms. The predicted octanol–water partition coefficient (Wildman–Crippen LogP) is 5.86. The third-order valence-corrected chi connectivity index (χ3v) is 7.53. The van der Waals surface area contributed by atoms with Gasteiger partial charge < -0.3 is 4.57 Å². The van der Waals surface area contributed by atoms with E-state index >= 15 is 0 Å². The van der Waals surface area contributed by atoms with Gasteiger partial charge in [-0.2, -0.15) is 0 Å². The summed E-state index contributed by atoms with van der Waals surface area (Å²) in [4.78, 5) is 2.60. The Hall–Kier alpha value is -2.92. The van der Waals surface area contributed by atoms with Crippen LogP contribution in [-0.4, -0.2) is 37.3 Å². The van der Waals surface area contributed by atoms with Crippen molar-refractivity contribution in [2.75, 3.05) is 7.05 Å². The first-order valence-electron chi connectivity index (χ1n) is 11.9. The van der Waals surface area contributed by atoms with E-state index in [4.69, 9.17) is 0 Å². The Kier molecular flexibility index (Phi) is 6.08. The van der Waals surface area contributed by atoms with E-state index in [9.17, 15) is 0 Å². The second kappa shape index (κ2) is 9.29. The van der Waals surface area contributed by atoms with Crippen molar-refractivity contribution in [3.8, 4) is 5.69 Å². The van der Waals surface area contributed by atoms with E-state index in [1.165, 1.54) is 48.6 Å². The highest BCUT2D eigenvalue weighted by atomic mass is 15.2. The van der Waals surface area contributed by atoms with Gasteiger partial charge in [0.15, 0.2) is 0 Å². The van der Waals surface area contributed by atoms with E-state index in [0.29, 0.717) is 12.1 Å². The fraction of sp³-hybridized carbons (Fsp3) is 0.407. The van der Waals surface area contributed by atoms with Crippen molar-refractivity contribution in [2.45, 2.75) is 57.7 Å². The van der Waals surface area contributed by atoms with Gasteiger partial charge in [-0.25, -0.2) is 0 Å². The Labute approximate surface area is 190 Å². The van der Waals surface area contributed by atoms with Crippen LogP contribution in [0, 0.1) is 5.92 Å². The lowest BCUT2D eigenvalue weighted by atomic mass is 9.83. The van der Waals surface area contributed by atoms with Gasteiger partial charge in [0.25, 0.3) is 0 Å². The molecule has 5 heteroatoms. The lowest BCUT2D eigenvalue weighted by Gasteiger charge is -2.38. The lowest BCUT2D eigenvalue weighted by Crippen LogP contribution is -2.37. The quantitative estimate of drug-likeness (QED) is 0.371. The summed E-state index contributed by atoms with van der Waals surface area (Å²) in [5.41, 5.74) is 3.84. The van der Waals surface area contributed by atoms with Crippen LogP contribution in [0.5, 0.6) is 0 Å². The minimum absolute atomic E-state index is 0.479. The molecule has 166 valence electrons. The fourth-order valence-corrected chi connectivity index (χ4v) is 5.32. The third-order valence-electron chi connectivity index (χ3n) is 7.53. The molecule has 1 atom stereocenters. The Morgan fingerprint density at radius 1 is 0.969 bits per heavy atom. The van der Waals surface area contributed by atoms with Gasteiger partial charge in [-0.1, -0.05) is 30.3 Å². The first-order chi connectivity index (χ1) is 15.7. The van der Waals surface area contributed by atoms with Crippen molar-refractivity contribution in [1.82, 2.24) is 24.2 Å². The van der Waals surface area contributed by atoms with E-state index in [2.05, 4.69) is 94.4 Å². The highest BCUT2D eigenvalue weighted by molar-refractivity contribution is 5.82. The zero-order valence-electron chi connectivity index (χ0n) is 19.1. The topological polar surface area (TPSA) is 38.9 Å². The molecule has 5 rings (SSSR count). The van der Waals surface area contributed by atoms with Crippen molar-refractivity contribution in [3.05, 3.63) is 79.0 Å². The minimum atomic E-state index is 0.479. The molecule has 0 N–H and O–H groups in total. The molecule has 2 aromatic carbocycles. The van der Waals surface area contributed by atoms with Crippen LogP contribution >= 0.6 is 0 Å². The summed E-state index contributed by atoms with van der Waals surface area (Å²) < 4.78 is 4.37. The Morgan fingerprint density at radius 2 is 1.72 bits per heavy atom. The summed E-state index contributed by atoms with van der Waals surface area (Å²) >= 11 is 0. The maximum Gasteiger partial charge on any atom is 0.123 e. The van der Waals surface area contributed by atoms with Crippen molar-refractivity contribution in [2.24, 2.45) is 5.92 Å². The predicted molar refractivity (Wildman–Crippen MR) is 130 cm³/mol. The second-order valence-corrected chi connectivity index (χ2v) is 9.34. The highest BCUT2D eigenvalue weighted by Crippen LogP contribution is 2.33. The van der Waals surface area contributed by atoms with Gasteiger partial charge in [-0.05, 0) is 81.8 Å². The molecule has 1 aliphatic carbocycles. The van der Waals surface area contributed by atoms with Gasteiger partial charge in [0.1, 0.15) is 12.7 Å². The molecule has 5 nitrogen and oxygen atoms in total. The molecule has 4 aromatic rings. The number of fused-ring (bicyclic) bond motifs is 1. The van der Waals surface area contributed by atoms with Gasteiger partial charge in [-0.15, -0.1) is 10.2 Å². The standard InChI is InChI=1S/C27H33N5/c1-21(23-6-4-3-5-7-23)30(2)25-10-8-22(9-11-25)14-16-31-17-15-24-18-26(12-13-27(24)31)32-19-28-29-20-32/h3-7,12-13,15,17-22,25H,8-11,14,16H2,1-2H3. The van der Waals surface area contributed by atoms with Gasteiger partial charge in [-0.3, -0.25) is 9.47 Å². The van der Waals surface area contributed by atoms with Crippen LogP contribution in [0.1, 0.15) is 50.6 Å². The Morgan fingerprint density at radius 3 is 2.47 bits per heavy atom. The summed E-state index contributed by atoms with van der Waals surface area (Å²) in [5, 5.41) is 9.10. The maximum absolute atomic E-state index is 3.91. The van der Waals surface area contributed by atoms with Crippen LogP contribution in [0.2, 0.25) is 0 Å². The zero-order valence-corrected chi connectivity index (χ0v) is 19.1. The molecule has 0 bridgehead atoms. The molecule has 0 saturated heterocycles. The molecule has 0 spiro atoms. The SMILES string of the molecule is CC(c1ccccc1)N(C)C1CCC(CCn2ccc3cc(-n4cnnc4)ccc32)CC1. The molecular weight excluding hydrogens is 394 g/mol. The van der Waals surface area contributed by atoms with Crippen molar-refractivity contribution in [3.63, 3.8) is 0 Å². The summed E-state index contributed by atoms with van der Waals surface area (Å²) in [6.45, 7) is 3.44. The van der Waals surface area contributed by atoms with E-state index in [1.807, 2.05) is 4.57 Å². The number of aryl methyl sites for hydroxylation is 1. The average molecular weight is 428 g/mol. The minimum Gasteiger partial charge on any atom is -0.347 e. The van der Waals surface area contributed by atoms with Gasteiger partial charge in [0.05, 0.1) is 0 Å². The van der Waals surface area contributed by atoms with Crippen molar-refractivity contribution < 1.29 is 0 Å². The first-order valence-corrected chi connectivity index (χ1v) is 11.9. The van der Waals surface area contributed by atoms with Crippen LogP contribution < -0.4 is 0 Å². The molecule has 1 unspecified atom stereocenters. The fourth-order valence-electron chi connectivity index (χ4n) is 5.32. The molecule has 1 aliphatic rings. The molecule has 1 saturated carbocycles. The summed E-state index contributed by atoms with van der Waals surface area (Å²) in [6, 6.07) is 20.9. The molecule has 2 aromatic heterocycles. The largest absolute Gasteiger partial charge is 0.347 e. The smallest absolute Gasteiger partial charge is 0.123 e. The first kappa shape index (κ1) is 21.0. The average Bonchev–Trinajstić information content (AvgIpc) is 3.53. The maximum atomic E-state index is 3.91. The molecule has 2 heterocycles. The molecule has 0 amide bonds. The van der Waals surface area contributed by atoms with Gasteiger partial charge in [0.2, 0.25) is 0 Å². The van der Waals surface area contributed by atoms with E-state index in [1.54, 1.807) is 12.7 Å². The Bertz CT molecular complexity index is 1120. The van der Waals surface area contributed by atoms with E-state index in [0.717, 1.165) is 18.2 Å². The second-order valence-electron chi connectivity index (χ2n) is 9.34. The molecule has 0 radical (unpaired) electrons. The highest BCUT2D eigenvalue weighted by Gasteiger charge is 2.26. The lowest BCUT2D eigenvalue weighted by molar-refractivity contribution is 0.124. The summed E-state index contributed by atoms with van der Waals surface area (Å²) in [6.07, 6.45) is 12.3. The zero-order chi connectivity index (χ0) is 21.9. The van der Waals surface area contributed by atoms with Crippen molar-refractivity contribution >= 4 is 10.9 Å². The van der Waals surface area contributed by atoms with E-state index < -0.39 is 0 Å². The van der Waals surface area contributed by atoms with Crippen LogP contribution in [0.25, 0.3) is 16.6 Å². The van der Waals surface area contributed by atoms with Crippen molar-refractivity contribution in [1.29, 1.82) is 0 Å². The van der Waals surface area contributed by atoms with Crippen LogP contribution in [0.4, 0.5) is 0 Å². The summed E-state index contributed by atoms with van der Waals surface area (Å²) in [5.74, 6) is 0.834. The van der Waals surface area contributed by atoms with Gasteiger partial charge in [0, 0.05) is 41.4 Å². The molecular formula is C27H33N5. The normalized spacial score (nSPS) is 20.1. The molecule has 0 aliphatic heterocycles. The van der Waals surface area contributed by atoms with Crippen LogP contribution in [0.3, 0.4) is 0 Å². The van der Waals surface area contributed by atoms with Crippen LogP contribution in [0.15, 0.2) is 73.4 Å². The Balaban J connectivity index is 1.15. The number of aromatic nitrogens is 4. The third kappa shape index (κ3) is 4.35. The number of benzene rings is 2. The van der Waals surface area contributed by atoms with E-state index in [-0.39, 0.29) is 0 Å². The monoisotopic (exact) mass is 427 g/mol. The number of rotatable bonds is 7.